The highest BCUT2D eigenvalue weighted by atomic mass is 127. The average molecular weight is 406 g/mol. The Kier molecular flexibility index (Phi) is 5.02. The molecule has 0 aliphatic rings. The van der Waals surface area contributed by atoms with Crippen molar-refractivity contribution in [2.75, 3.05) is 4.72 Å². The van der Waals surface area contributed by atoms with E-state index in [4.69, 9.17) is 11.6 Å². The highest BCUT2D eigenvalue weighted by molar-refractivity contribution is 14.2. The standard InChI is InChI=1S/C8H6BrClINOS/c1-4(13)5-2-7(10)6(9)3-8(5)12-14-11/h2-3,12H,1H3. The normalized spacial score (nSPS) is 10.0. The molecule has 14 heavy (non-hydrogen) atoms. The number of Topliss-reactive ketones (excluding diaryl/α,β-unsaturated/α-hetero) is 1. The number of carbonyl (C=O) groups excluding carboxylic acids is 1. The maximum Gasteiger partial charge on any atom is 0.161 e. The van der Waals surface area contributed by atoms with Crippen LogP contribution in [0.1, 0.15) is 17.3 Å². The number of benzene rings is 1. The predicted octanol–water partition coefficient (Wildman–Crippen LogP) is 4.72. The van der Waals surface area contributed by atoms with Gasteiger partial charge in [0, 0.05) is 40.4 Å². The molecule has 0 aliphatic carbocycles. The van der Waals surface area contributed by atoms with Gasteiger partial charge in [-0.3, -0.25) is 4.79 Å². The molecule has 0 heterocycles. The van der Waals surface area contributed by atoms with Crippen LogP contribution in [0.5, 0.6) is 0 Å². The zero-order valence-electron chi connectivity index (χ0n) is 7.11. The minimum atomic E-state index is -0.00708. The van der Waals surface area contributed by atoms with E-state index in [0.717, 1.165) is 10.2 Å². The molecule has 0 saturated carbocycles. The summed E-state index contributed by atoms with van der Waals surface area (Å²) in [5.41, 5.74) is 1.37. The van der Waals surface area contributed by atoms with Gasteiger partial charge in [-0.25, -0.2) is 0 Å². The molecule has 1 N–H and O–H groups in total. The summed E-state index contributed by atoms with van der Waals surface area (Å²) in [6.45, 7) is 1.52. The molecule has 76 valence electrons. The fourth-order valence-corrected chi connectivity index (χ4v) is 2.43. The van der Waals surface area contributed by atoms with E-state index in [1.807, 2.05) is 0 Å². The summed E-state index contributed by atoms with van der Waals surface area (Å²) in [5.74, 6) is -0.00708. The summed E-state index contributed by atoms with van der Waals surface area (Å²) in [4.78, 5) is 11.3. The van der Waals surface area contributed by atoms with Crippen LogP contribution >= 0.6 is 57.9 Å². The van der Waals surface area contributed by atoms with Crippen molar-refractivity contribution in [2.24, 2.45) is 0 Å². The Morgan fingerprint density at radius 2 is 2.29 bits per heavy atom. The largest absolute Gasteiger partial charge is 0.320 e. The molecule has 2 nitrogen and oxygen atoms in total. The summed E-state index contributed by atoms with van der Waals surface area (Å²) in [6, 6.07) is 3.45. The zero-order valence-corrected chi connectivity index (χ0v) is 12.4. The van der Waals surface area contributed by atoms with Crippen LogP contribution in [0.25, 0.3) is 0 Å². The van der Waals surface area contributed by atoms with Crippen molar-refractivity contribution in [3.63, 3.8) is 0 Å². The van der Waals surface area contributed by atoms with Crippen LogP contribution in [0, 0.1) is 0 Å². The summed E-state index contributed by atoms with van der Waals surface area (Å²) in [7, 11) is 1.40. The second-order valence-corrected chi connectivity index (χ2v) is 5.49. The highest BCUT2D eigenvalue weighted by Gasteiger charge is 2.10. The Hall–Kier alpha value is 0.540. The molecule has 0 spiro atoms. The lowest BCUT2D eigenvalue weighted by atomic mass is 10.1. The van der Waals surface area contributed by atoms with Crippen LogP contribution in [-0.4, -0.2) is 5.78 Å². The molecular weight excluding hydrogens is 400 g/mol. The molecule has 0 saturated heterocycles. The van der Waals surface area contributed by atoms with Gasteiger partial charge in [0.2, 0.25) is 0 Å². The summed E-state index contributed by atoms with van der Waals surface area (Å²) in [6.07, 6.45) is 0. The monoisotopic (exact) mass is 405 g/mol. The van der Waals surface area contributed by atoms with E-state index in [1.54, 1.807) is 12.1 Å². The number of hydrogen-bond acceptors (Lipinski definition) is 3. The molecule has 0 atom stereocenters. The molecule has 1 aromatic carbocycles. The van der Waals surface area contributed by atoms with Crippen molar-refractivity contribution < 1.29 is 4.79 Å². The topological polar surface area (TPSA) is 29.1 Å². The Morgan fingerprint density at radius 1 is 1.64 bits per heavy atom. The highest BCUT2D eigenvalue weighted by Crippen LogP contribution is 2.31. The summed E-state index contributed by atoms with van der Waals surface area (Å²) >= 11 is 11.3. The van der Waals surface area contributed by atoms with Crippen LogP contribution in [0.3, 0.4) is 0 Å². The first-order chi connectivity index (χ1) is 6.56. The van der Waals surface area contributed by atoms with Gasteiger partial charge in [0.25, 0.3) is 0 Å². The Bertz CT molecular complexity index is 375. The minimum absolute atomic E-state index is 0.00708. The molecule has 6 heteroatoms. The minimum Gasteiger partial charge on any atom is -0.320 e. The fraction of sp³-hybridized carbons (Fsp3) is 0.125. The molecule has 0 unspecified atom stereocenters. The first-order valence-corrected chi connectivity index (χ1v) is 8.13. The molecule has 0 fully saturated rings. The van der Waals surface area contributed by atoms with E-state index in [0.29, 0.717) is 10.6 Å². The number of carbonyl (C=O) groups is 1. The van der Waals surface area contributed by atoms with E-state index in [2.05, 4.69) is 41.9 Å². The maximum atomic E-state index is 11.3. The van der Waals surface area contributed by atoms with E-state index < -0.39 is 0 Å². The van der Waals surface area contributed by atoms with Gasteiger partial charge in [-0.2, -0.15) is 0 Å². The van der Waals surface area contributed by atoms with Gasteiger partial charge in [-0.05, 0) is 35.0 Å². The van der Waals surface area contributed by atoms with Crippen molar-refractivity contribution in [3.8, 4) is 0 Å². The third-order valence-corrected chi connectivity index (χ3v) is 3.74. The number of halogens is 3. The molecule has 0 aliphatic heterocycles. The van der Waals surface area contributed by atoms with Crippen molar-refractivity contribution in [1.82, 2.24) is 0 Å². The van der Waals surface area contributed by atoms with Gasteiger partial charge in [0.15, 0.2) is 5.78 Å². The van der Waals surface area contributed by atoms with Crippen LogP contribution in [-0.2, 0) is 0 Å². The quantitative estimate of drug-likeness (QED) is 0.448. The van der Waals surface area contributed by atoms with E-state index in [1.165, 1.54) is 16.0 Å². The maximum absolute atomic E-state index is 11.3. The molecule has 1 rings (SSSR count). The Labute approximate surface area is 112 Å². The average Bonchev–Trinajstić information content (AvgIpc) is 2.11. The number of rotatable bonds is 3. The predicted molar refractivity (Wildman–Crippen MR) is 74.4 cm³/mol. The lowest BCUT2D eigenvalue weighted by molar-refractivity contribution is 0.101. The first kappa shape index (κ1) is 12.6. The van der Waals surface area contributed by atoms with Crippen molar-refractivity contribution in [1.29, 1.82) is 0 Å². The van der Waals surface area contributed by atoms with Gasteiger partial charge >= 0.3 is 0 Å². The molecule has 0 amide bonds. The second kappa shape index (κ2) is 5.58. The van der Waals surface area contributed by atoms with Crippen molar-refractivity contribution in [2.45, 2.75) is 6.92 Å². The molecule has 0 radical (unpaired) electrons. The number of hydrogen-bond donors (Lipinski definition) is 1. The number of ketones is 1. The van der Waals surface area contributed by atoms with Gasteiger partial charge < -0.3 is 4.72 Å². The number of anilines is 1. The Balaban J connectivity index is 3.24. The first-order valence-electron chi connectivity index (χ1n) is 3.60. The van der Waals surface area contributed by atoms with Gasteiger partial charge in [-0.1, -0.05) is 11.6 Å². The summed E-state index contributed by atoms with van der Waals surface area (Å²) in [5, 5.41) is 0.541. The van der Waals surface area contributed by atoms with Crippen LogP contribution in [0.2, 0.25) is 5.02 Å². The molecule has 0 bridgehead atoms. The SMILES string of the molecule is CC(=O)c1cc(Cl)c(Br)cc1NSI. The third kappa shape index (κ3) is 3.01. The van der Waals surface area contributed by atoms with E-state index in [9.17, 15) is 4.79 Å². The van der Waals surface area contributed by atoms with E-state index >= 15 is 0 Å². The fourth-order valence-electron chi connectivity index (χ4n) is 0.964. The summed E-state index contributed by atoms with van der Waals surface area (Å²) < 4.78 is 3.79. The Morgan fingerprint density at radius 3 is 2.79 bits per heavy atom. The molecular formula is C8H6BrClINOS. The molecule has 1 aromatic rings. The van der Waals surface area contributed by atoms with Crippen LogP contribution < -0.4 is 4.72 Å². The van der Waals surface area contributed by atoms with Crippen LogP contribution in [0.15, 0.2) is 16.6 Å². The van der Waals surface area contributed by atoms with E-state index in [-0.39, 0.29) is 5.78 Å². The smallest absolute Gasteiger partial charge is 0.161 e. The van der Waals surface area contributed by atoms with Gasteiger partial charge in [0.1, 0.15) is 0 Å². The lowest BCUT2D eigenvalue weighted by Crippen LogP contribution is -1.98. The zero-order chi connectivity index (χ0) is 10.7. The van der Waals surface area contributed by atoms with Crippen molar-refractivity contribution >= 4 is 69.3 Å². The van der Waals surface area contributed by atoms with Gasteiger partial charge in [-0.15, -0.1) is 0 Å². The molecule has 0 aromatic heterocycles. The van der Waals surface area contributed by atoms with Crippen molar-refractivity contribution in [3.05, 3.63) is 27.2 Å². The second-order valence-electron chi connectivity index (χ2n) is 2.55. The third-order valence-electron chi connectivity index (χ3n) is 1.59. The van der Waals surface area contributed by atoms with Crippen LogP contribution in [0.4, 0.5) is 5.69 Å². The lowest BCUT2D eigenvalue weighted by Gasteiger charge is -2.08. The van der Waals surface area contributed by atoms with Gasteiger partial charge in [0.05, 0.1) is 10.7 Å². The number of nitrogens with one attached hydrogen (secondary N) is 1.